The van der Waals surface area contributed by atoms with Crippen molar-refractivity contribution in [3.63, 3.8) is 0 Å². The van der Waals surface area contributed by atoms with Crippen LogP contribution in [-0.4, -0.2) is 32.7 Å². The minimum absolute atomic E-state index is 0.0603. The van der Waals surface area contributed by atoms with Gasteiger partial charge in [0.2, 0.25) is 0 Å². The summed E-state index contributed by atoms with van der Waals surface area (Å²) in [5, 5.41) is 14.2. The highest BCUT2D eigenvalue weighted by molar-refractivity contribution is 5.94. The number of carbonyl (C=O) groups excluding carboxylic acids is 1. The Morgan fingerprint density at radius 1 is 1.27 bits per heavy atom. The average molecular weight is 303 g/mol. The van der Waals surface area contributed by atoms with Gasteiger partial charge in [0.15, 0.2) is 5.82 Å². The van der Waals surface area contributed by atoms with Crippen LogP contribution in [0.5, 0.6) is 5.75 Å². The number of tetrazole rings is 1. The van der Waals surface area contributed by atoms with Crippen molar-refractivity contribution in [3.05, 3.63) is 35.7 Å². The van der Waals surface area contributed by atoms with Crippen molar-refractivity contribution in [1.29, 1.82) is 0 Å². The van der Waals surface area contributed by atoms with E-state index in [1.807, 2.05) is 6.92 Å². The molecular weight excluding hydrogens is 282 g/mol. The molecule has 0 saturated carbocycles. The van der Waals surface area contributed by atoms with Gasteiger partial charge < -0.3 is 10.1 Å². The number of ether oxygens (including phenoxy) is 1. The summed E-state index contributed by atoms with van der Waals surface area (Å²) >= 11 is 0. The number of nitrogens with one attached hydrogen (secondary N) is 1. The molecule has 1 aromatic heterocycles. The van der Waals surface area contributed by atoms with Crippen molar-refractivity contribution in [2.45, 2.75) is 39.8 Å². The summed E-state index contributed by atoms with van der Waals surface area (Å²) in [5.74, 6) is 1.29. The summed E-state index contributed by atoms with van der Waals surface area (Å²) in [4.78, 5) is 11.9. The number of amides is 1. The molecule has 7 nitrogen and oxygen atoms in total. The zero-order chi connectivity index (χ0) is 15.8. The second-order valence-electron chi connectivity index (χ2n) is 4.83. The molecule has 1 amide bonds. The molecule has 22 heavy (non-hydrogen) atoms. The third kappa shape index (κ3) is 4.28. The number of unbranched alkanes of at least 4 members (excludes halogenated alkanes) is 1. The molecule has 7 heteroatoms. The first-order chi connectivity index (χ1) is 10.7. The van der Waals surface area contributed by atoms with Crippen LogP contribution in [0.15, 0.2) is 24.3 Å². The van der Waals surface area contributed by atoms with E-state index in [4.69, 9.17) is 4.74 Å². The predicted molar refractivity (Wildman–Crippen MR) is 81.5 cm³/mol. The van der Waals surface area contributed by atoms with Crippen molar-refractivity contribution in [2.75, 3.05) is 6.54 Å². The summed E-state index contributed by atoms with van der Waals surface area (Å²) in [6, 6.07) is 7.04. The molecule has 1 aromatic carbocycles. The minimum Gasteiger partial charge on any atom is -0.486 e. The maximum atomic E-state index is 11.9. The van der Waals surface area contributed by atoms with Gasteiger partial charge in [-0.3, -0.25) is 4.79 Å². The van der Waals surface area contributed by atoms with Crippen molar-refractivity contribution in [2.24, 2.45) is 0 Å². The molecule has 0 aliphatic carbocycles. The lowest BCUT2D eigenvalue weighted by molar-refractivity contribution is 0.0953. The molecule has 0 spiro atoms. The minimum atomic E-state index is -0.0603. The Bertz CT molecular complexity index is 594. The summed E-state index contributed by atoms with van der Waals surface area (Å²) in [5.41, 5.74) is 0.627. The van der Waals surface area contributed by atoms with Crippen LogP contribution in [0.1, 0.15) is 42.9 Å². The topological polar surface area (TPSA) is 81.9 Å². The second-order valence-corrected chi connectivity index (χ2v) is 4.83. The van der Waals surface area contributed by atoms with E-state index >= 15 is 0 Å². The highest BCUT2D eigenvalue weighted by Crippen LogP contribution is 2.13. The number of aryl methyl sites for hydroxylation is 1. The Hall–Kier alpha value is -2.44. The Labute approximate surface area is 129 Å². The Morgan fingerprint density at radius 3 is 2.73 bits per heavy atom. The highest BCUT2D eigenvalue weighted by atomic mass is 16.5. The maximum Gasteiger partial charge on any atom is 0.251 e. The lowest BCUT2D eigenvalue weighted by Crippen LogP contribution is -2.24. The van der Waals surface area contributed by atoms with Crippen LogP contribution < -0.4 is 10.1 Å². The first-order valence-electron chi connectivity index (χ1n) is 7.50. The smallest absolute Gasteiger partial charge is 0.251 e. The molecule has 0 unspecified atom stereocenters. The van der Waals surface area contributed by atoms with Gasteiger partial charge in [0.1, 0.15) is 12.4 Å². The van der Waals surface area contributed by atoms with Crippen LogP contribution in [-0.2, 0) is 13.2 Å². The monoisotopic (exact) mass is 303 g/mol. The van der Waals surface area contributed by atoms with Crippen molar-refractivity contribution in [1.82, 2.24) is 25.5 Å². The SMILES string of the molecule is CCCCNC(=O)c1ccc(OCc2nnnn2CC)cc1. The van der Waals surface area contributed by atoms with Gasteiger partial charge in [-0.2, -0.15) is 0 Å². The molecule has 2 aromatic rings. The van der Waals surface area contributed by atoms with E-state index in [-0.39, 0.29) is 5.91 Å². The number of benzene rings is 1. The third-order valence-electron chi connectivity index (χ3n) is 3.21. The van der Waals surface area contributed by atoms with Crippen molar-refractivity contribution >= 4 is 5.91 Å². The Morgan fingerprint density at radius 2 is 2.05 bits per heavy atom. The van der Waals surface area contributed by atoms with Crippen LogP contribution in [0.25, 0.3) is 0 Å². The number of rotatable bonds is 8. The molecule has 0 aliphatic rings. The second kappa shape index (κ2) is 8.11. The van der Waals surface area contributed by atoms with Crippen LogP contribution in [0.4, 0.5) is 0 Å². The molecule has 0 aliphatic heterocycles. The van der Waals surface area contributed by atoms with Crippen LogP contribution in [0, 0.1) is 0 Å². The van der Waals surface area contributed by atoms with E-state index in [0.29, 0.717) is 36.8 Å². The normalized spacial score (nSPS) is 10.5. The lowest BCUT2D eigenvalue weighted by atomic mass is 10.2. The Balaban J connectivity index is 1.87. The molecule has 1 N–H and O–H groups in total. The van der Waals surface area contributed by atoms with Gasteiger partial charge >= 0.3 is 0 Å². The fourth-order valence-corrected chi connectivity index (χ4v) is 1.90. The van der Waals surface area contributed by atoms with Gasteiger partial charge in [-0.15, -0.1) is 5.10 Å². The zero-order valence-electron chi connectivity index (χ0n) is 13.0. The first kappa shape index (κ1) is 15.9. The molecule has 118 valence electrons. The first-order valence-corrected chi connectivity index (χ1v) is 7.50. The van der Waals surface area contributed by atoms with Gasteiger partial charge in [-0.1, -0.05) is 13.3 Å². The predicted octanol–water partition coefficient (Wildman–Crippen LogP) is 1.80. The summed E-state index contributed by atoms with van der Waals surface area (Å²) in [6.07, 6.45) is 2.05. The van der Waals surface area contributed by atoms with E-state index < -0.39 is 0 Å². The van der Waals surface area contributed by atoms with Gasteiger partial charge in [-0.25, -0.2) is 4.68 Å². The number of aromatic nitrogens is 4. The Kier molecular flexibility index (Phi) is 5.88. The van der Waals surface area contributed by atoms with Crippen LogP contribution in [0.3, 0.4) is 0 Å². The standard InChI is InChI=1S/C15H21N5O2/c1-3-5-10-16-15(21)12-6-8-13(9-7-12)22-11-14-17-18-19-20(14)4-2/h6-9H,3-5,10-11H2,1-2H3,(H,16,21). The van der Waals surface area contributed by atoms with E-state index in [0.717, 1.165) is 12.8 Å². The van der Waals surface area contributed by atoms with Crippen LogP contribution >= 0.6 is 0 Å². The fraction of sp³-hybridized carbons (Fsp3) is 0.467. The molecule has 0 bridgehead atoms. The largest absolute Gasteiger partial charge is 0.486 e. The molecule has 0 atom stereocenters. The van der Waals surface area contributed by atoms with Gasteiger partial charge in [-0.05, 0) is 48.0 Å². The van der Waals surface area contributed by atoms with Crippen LogP contribution in [0.2, 0.25) is 0 Å². The van der Waals surface area contributed by atoms with E-state index in [9.17, 15) is 4.79 Å². The van der Waals surface area contributed by atoms with Crippen molar-refractivity contribution < 1.29 is 9.53 Å². The van der Waals surface area contributed by atoms with Gasteiger partial charge in [0.05, 0.1) is 0 Å². The number of hydrogen-bond donors (Lipinski definition) is 1. The summed E-state index contributed by atoms with van der Waals surface area (Å²) in [6.45, 7) is 5.75. The van der Waals surface area contributed by atoms with Gasteiger partial charge in [0.25, 0.3) is 5.91 Å². The fourth-order valence-electron chi connectivity index (χ4n) is 1.90. The molecule has 2 rings (SSSR count). The number of hydrogen-bond acceptors (Lipinski definition) is 5. The molecule has 0 fully saturated rings. The zero-order valence-corrected chi connectivity index (χ0v) is 13.0. The van der Waals surface area contributed by atoms with E-state index in [1.165, 1.54) is 0 Å². The lowest BCUT2D eigenvalue weighted by Gasteiger charge is -2.07. The van der Waals surface area contributed by atoms with E-state index in [2.05, 4.69) is 27.8 Å². The van der Waals surface area contributed by atoms with Gasteiger partial charge in [0, 0.05) is 18.7 Å². The molecular formula is C15H21N5O2. The quantitative estimate of drug-likeness (QED) is 0.752. The molecule has 0 saturated heterocycles. The van der Waals surface area contributed by atoms with E-state index in [1.54, 1.807) is 28.9 Å². The number of nitrogens with zero attached hydrogens (tertiary/aromatic N) is 4. The van der Waals surface area contributed by atoms with Crippen molar-refractivity contribution in [3.8, 4) is 5.75 Å². The average Bonchev–Trinajstić information content (AvgIpc) is 3.01. The third-order valence-corrected chi connectivity index (χ3v) is 3.21. The summed E-state index contributed by atoms with van der Waals surface area (Å²) < 4.78 is 7.31. The molecule has 0 radical (unpaired) electrons. The molecule has 1 heterocycles. The number of carbonyl (C=O) groups is 1. The maximum absolute atomic E-state index is 11.9. The summed E-state index contributed by atoms with van der Waals surface area (Å²) in [7, 11) is 0. The highest BCUT2D eigenvalue weighted by Gasteiger charge is 2.07.